The maximum absolute atomic E-state index is 13.9. The number of fused-ring (bicyclic) bond motifs is 2. The van der Waals surface area contributed by atoms with E-state index < -0.39 is 6.04 Å². The fraction of sp³-hybridized carbons (Fsp3) is 0.233. The summed E-state index contributed by atoms with van der Waals surface area (Å²) in [6.07, 6.45) is 0.386. The number of carbonyl (C=O) groups excluding carboxylic acids is 2. The molecule has 1 atom stereocenters. The predicted octanol–water partition coefficient (Wildman–Crippen LogP) is 4.74. The number of hydrogen-bond donors (Lipinski definition) is 1. The van der Waals surface area contributed by atoms with Crippen LogP contribution in [0.2, 0.25) is 0 Å². The first kappa shape index (κ1) is 27.2. The summed E-state index contributed by atoms with van der Waals surface area (Å²) >= 11 is 1.43. The highest BCUT2D eigenvalue weighted by Crippen LogP contribution is 2.34. The molecule has 11 nitrogen and oxygen atoms in total. The fourth-order valence-corrected chi connectivity index (χ4v) is 5.60. The molecule has 3 heterocycles. The monoisotopic (exact) mass is 584 g/mol. The molecule has 0 aliphatic carbocycles. The van der Waals surface area contributed by atoms with Crippen molar-refractivity contribution in [1.29, 1.82) is 0 Å². The Labute approximate surface area is 245 Å². The topological polar surface area (TPSA) is 121 Å². The van der Waals surface area contributed by atoms with Gasteiger partial charge in [0, 0.05) is 22.7 Å². The summed E-state index contributed by atoms with van der Waals surface area (Å²) in [6, 6.07) is 19.5. The molecule has 1 unspecified atom stereocenters. The Kier molecular flexibility index (Phi) is 7.69. The molecular formula is C30H28N6O5S. The number of carbonyl (C=O) groups is 2. The molecule has 1 aliphatic heterocycles. The molecule has 2 amide bonds. The van der Waals surface area contributed by atoms with Crippen LogP contribution in [0.15, 0.2) is 72.1 Å². The van der Waals surface area contributed by atoms with Gasteiger partial charge in [-0.1, -0.05) is 24.3 Å². The predicted molar refractivity (Wildman–Crippen MR) is 157 cm³/mol. The molecule has 2 aromatic heterocycles. The summed E-state index contributed by atoms with van der Waals surface area (Å²) in [7, 11) is 1.62. The summed E-state index contributed by atoms with van der Waals surface area (Å²) in [4.78, 5) is 33.9. The van der Waals surface area contributed by atoms with Crippen LogP contribution in [0.5, 0.6) is 17.2 Å². The SMILES string of the molecule is CCC(C(=O)Nc1ccc2c(c1)OCO2)N(Cc1nc(-c2ccc(OC)cc2)cs1)C(=O)Cn1nnc2ccccc21. The molecule has 0 saturated heterocycles. The molecule has 12 heteroatoms. The Balaban J connectivity index is 1.27. The van der Waals surface area contributed by atoms with Gasteiger partial charge in [-0.15, -0.1) is 16.4 Å². The van der Waals surface area contributed by atoms with Crippen molar-refractivity contribution in [3.05, 3.63) is 77.1 Å². The molecule has 0 fully saturated rings. The van der Waals surface area contributed by atoms with Crippen LogP contribution >= 0.6 is 11.3 Å². The minimum Gasteiger partial charge on any atom is -0.497 e. The number of benzene rings is 3. The van der Waals surface area contributed by atoms with Gasteiger partial charge in [-0.25, -0.2) is 9.67 Å². The molecule has 214 valence electrons. The van der Waals surface area contributed by atoms with Gasteiger partial charge in [-0.3, -0.25) is 9.59 Å². The van der Waals surface area contributed by atoms with E-state index in [0.29, 0.717) is 34.1 Å². The number of anilines is 1. The van der Waals surface area contributed by atoms with E-state index in [-0.39, 0.29) is 31.7 Å². The zero-order valence-corrected chi connectivity index (χ0v) is 23.8. The normalized spacial score (nSPS) is 12.7. The number of hydrogen-bond acceptors (Lipinski definition) is 9. The molecule has 1 aliphatic rings. The Morgan fingerprint density at radius 2 is 1.90 bits per heavy atom. The molecule has 1 N–H and O–H groups in total. The van der Waals surface area contributed by atoms with E-state index in [1.54, 1.807) is 34.9 Å². The van der Waals surface area contributed by atoms with E-state index in [2.05, 4.69) is 15.6 Å². The molecule has 0 radical (unpaired) electrons. The van der Waals surface area contributed by atoms with Gasteiger partial charge >= 0.3 is 0 Å². The number of nitrogens with one attached hydrogen (secondary N) is 1. The molecule has 6 rings (SSSR count). The van der Waals surface area contributed by atoms with Gasteiger partial charge < -0.3 is 24.4 Å². The van der Waals surface area contributed by atoms with Crippen molar-refractivity contribution in [2.45, 2.75) is 32.5 Å². The van der Waals surface area contributed by atoms with E-state index in [0.717, 1.165) is 22.5 Å². The minimum atomic E-state index is -0.772. The maximum atomic E-state index is 13.9. The highest BCUT2D eigenvalue weighted by Gasteiger charge is 2.30. The van der Waals surface area contributed by atoms with Gasteiger partial charge in [0.2, 0.25) is 18.6 Å². The van der Waals surface area contributed by atoms with Gasteiger partial charge in [0.15, 0.2) is 11.5 Å². The average molecular weight is 585 g/mol. The number of rotatable bonds is 10. The third kappa shape index (κ3) is 5.61. The maximum Gasteiger partial charge on any atom is 0.247 e. The first-order chi connectivity index (χ1) is 20.5. The summed E-state index contributed by atoms with van der Waals surface area (Å²) in [5.74, 6) is 1.33. The quantitative estimate of drug-likeness (QED) is 0.250. The summed E-state index contributed by atoms with van der Waals surface area (Å²) in [5.41, 5.74) is 3.68. The van der Waals surface area contributed by atoms with Crippen LogP contribution in [0.25, 0.3) is 22.3 Å². The van der Waals surface area contributed by atoms with E-state index >= 15 is 0 Å². The standard InChI is InChI=1S/C30H28N6O5S/c1-3-24(30(38)31-20-10-13-26-27(14-20)41-18-40-26)35(29(37)16-36-25-7-5-4-6-22(25)33-34-36)15-28-32-23(17-42-28)19-8-11-21(39-2)12-9-19/h4-14,17,24H,3,15-16,18H2,1-2H3,(H,31,38). The largest absolute Gasteiger partial charge is 0.497 e. The molecule has 3 aromatic carbocycles. The minimum absolute atomic E-state index is 0.0783. The van der Waals surface area contributed by atoms with Crippen molar-refractivity contribution in [2.24, 2.45) is 0 Å². The lowest BCUT2D eigenvalue weighted by atomic mass is 10.1. The zero-order valence-electron chi connectivity index (χ0n) is 23.0. The second kappa shape index (κ2) is 11.9. The van der Waals surface area contributed by atoms with Gasteiger partial charge in [0.25, 0.3) is 0 Å². The van der Waals surface area contributed by atoms with Crippen LogP contribution in [0.3, 0.4) is 0 Å². The van der Waals surface area contributed by atoms with Crippen LogP contribution < -0.4 is 19.5 Å². The number of aromatic nitrogens is 4. The average Bonchev–Trinajstić information content (AvgIpc) is 3.77. The smallest absolute Gasteiger partial charge is 0.247 e. The third-order valence-corrected chi connectivity index (χ3v) is 7.81. The first-order valence-electron chi connectivity index (χ1n) is 13.4. The number of methoxy groups -OCH3 is 1. The van der Waals surface area contributed by atoms with Crippen molar-refractivity contribution in [2.75, 3.05) is 19.2 Å². The molecule has 0 saturated carbocycles. The Bertz CT molecular complexity index is 1730. The van der Waals surface area contributed by atoms with Gasteiger partial charge in [0.05, 0.1) is 24.9 Å². The number of thiazole rings is 1. The lowest BCUT2D eigenvalue weighted by Gasteiger charge is -2.29. The van der Waals surface area contributed by atoms with Crippen molar-refractivity contribution >= 4 is 39.9 Å². The van der Waals surface area contributed by atoms with Crippen LogP contribution in [-0.4, -0.2) is 56.6 Å². The van der Waals surface area contributed by atoms with Crippen molar-refractivity contribution in [1.82, 2.24) is 24.9 Å². The van der Waals surface area contributed by atoms with Gasteiger partial charge in [0.1, 0.15) is 28.9 Å². The van der Waals surface area contributed by atoms with Crippen LogP contribution in [0.4, 0.5) is 5.69 Å². The third-order valence-electron chi connectivity index (χ3n) is 6.97. The number of nitrogens with zero attached hydrogens (tertiary/aromatic N) is 5. The zero-order chi connectivity index (χ0) is 29.1. The molecule has 42 heavy (non-hydrogen) atoms. The Morgan fingerprint density at radius 1 is 1.10 bits per heavy atom. The van der Waals surface area contributed by atoms with E-state index in [4.69, 9.17) is 19.2 Å². The number of amides is 2. The van der Waals surface area contributed by atoms with Crippen molar-refractivity contribution < 1.29 is 23.8 Å². The van der Waals surface area contributed by atoms with E-state index in [1.807, 2.05) is 60.8 Å². The number of ether oxygens (including phenoxy) is 3. The molecule has 0 bridgehead atoms. The highest BCUT2D eigenvalue weighted by molar-refractivity contribution is 7.09. The van der Waals surface area contributed by atoms with E-state index in [1.165, 1.54) is 11.3 Å². The fourth-order valence-electron chi connectivity index (χ4n) is 4.80. The lowest BCUT2D eigenvalue weighted by Crippen LogP contribution is -2.47. The van der Waals surface area contributed by atoms with E-state index in [9.17, 15) is 9.59 Å². The van der Waals surface area contributed by atoms with Crippen LogP contribution in [0.1, 0.15) is 18.4 Å². The molecular weight excluding hydrogens is 556 g/mol. The first-order valence-corrected chi connectivity index (χ1v) is 14.3. The summed E-state index contributed by atoms with van der Waals surface area (Å²) in [6.45, 7) is 2.08. The van der Waals surface area contributed by atoms with Crippen LogP contribution in [-0.2, 0) is 22.7 Å². The second-order valence-electron chi connectivity index (χ2n) is 9.59. The summed E-state index contributed by atoms with van der Waals surface area (Å²) in [5, 5.41) is 13.9. The lowest BCUT2D eigenvalue weighted by molar-refractivity contribution is -0.140. The Morgan fingerprint density at radius 3 is 2.71 bits per heavy atom. The van der Waals surface area contributed by atoms with Crippen LogP contribution in [0, 0.1) is 0 Å². The second-order valence-corrected chi connectivity index (χ2v) is 10.5. The van der Waals surface area contributed by atoms with Gasteiger partial charge in [-0.2, -0.15) is 0 Å². The summed E-state index contributed by atoms with van der Waals surface area (Å²) < 4.78 is 17.6. The number of para-hydroxylation sites is 1. The molecule has 0 spiro atoms. The highest BCUT2D eigenvalue weighted by atomic mass is 32.1. The van der Waals surface area contributed by atoms with Crippen molar-refractivity contribution in [3.8, 4) is 28.5 Å². The molecule has 5 aromatic rings. The Hall–Kier alpha value is -4.97. The van der Waals surface area contributed by atoms with Crippen molar-refractivity contribution in [3.63, 3.8) is 0 Å². The van der Waals surface area contributed by atoms with Gasteiger partial charge in [-0.05, 0) is 55.0 Å².